The van der Waals surface area contributed by atoms with Crippen LogP contribution in [0.4, 0.5) is 0 Å². The standard InChI is InChI=1S/C24H23N/c1-2-3-6-11-20-16-17-22(19-12-7-4-8-13-19)24(23(20)18-25)21-14-9-5-10-15-21/h4-5,7-10,12-17H,2-3,6,11H2,1H3. The number of unbranched alkanes of at least 4 members (excludes halogenated alkanes) is 2. The largest absolute Gasteiger partial charge is 0.192 e. The minimum absolute atomic E-state index is 0.823. The first kappa shape index (κ1) is 17.0. The van der Waals surface area contributed by atoms with E-state index in [1.54, 1.807) is 0 Å². The first-order valence-corrected chi connectivity index (χ1v) is 9.02. The Morgan fingerprint density at radius 3 is 2.00 bits per heavy atom. The van der Waals surface area contributed by atoms with Gasteiger partial charge in [0, 0.05) is 5.56 Å². The average Bonchev–Trinajstić information content (AvgIpc) is 2.69. The number of benzene rings is 3. The van der Waals surface area contributed by atoms with Crippen molar-refractivity contribution in [2.75, 3.05) is 0 Å². The fourth-order valence-electron chi connectivity index (χ4n) is 3.31. The molecule has 0 aliphatic carbocycles. The summed E-state index contributed by atoms with van der Waals surface area (Å²) in [6, 6.07) is 27.4. The Labute approximate surface area is 150 Å². The Morgan fingerprint density at radius 1 is 0.760 bits per heavy atom. The molecule has 124 valence electrons. The van der Waals surface area contributed by atoms with Crippen LogP contribution < -0.4 is 0 Å². The number of rotatable bonds is 6. The van der Waals surface area contributed by atoms with E-state index in [2.05, 4.69) is 49.4 Å². The molecule has 0 saturated carbocycles. The Morgan fingerprint density at radius 2 is 1.40 bits per heavy atom. The predicted molar refractivity (Wildman–Crippen MR) is 105 cm³/mol. The van der Waals surface area contributed by atoms with Crippen molar-refractivity contribution < 1.29 is 0 Å². The lowest BCUT2D eigenvalue weighted by Gasteiger charge is -2.16. The number of aryl methyl sites for hydroxylation is 1. The van der Waals surface area contributed by atoms with Crippen LogP contribution in [-0.4, -0.2) is 0 Å². The number of hydrogen-bond acceptors (Lipinski definition) is 1. The van der Waals surface area contributed by atoms with Crippen molar-refractivity contribution in [3.63, 3.8) is 0 Å². The van der Waals surface area contributed by atoms with Crippen molar-refractivity contribution >= 4 is 0 Å². The third kappa shape index (κ3) is 3.80. The molecule has 3 rings (SSSR count). The van der Waals surface area contributed by atoms with Crippen LogP contribution in [0.3, 0.4) is 0 Å². The summed E-state index contributed by atoms with van der Waals surface area (Å²) in [7, 11) is 0. The zero-order valence-electron chi connectivity index (χ0n) is 14.7. The van der Waals surface area contributed by atoms with E-state index in [4.69, 9.17) is 0 Å². The summed E-state index contributed by atoms with van der Waals surface area (Å²) in [6.07, 6.45) is 4.48. The molecule has 0 aromatic heterocycles. The molecule has 0 heterocycles. The van der Waals surface area contributed by atoms with Crippen LogP contribution in [0.25, 0.3) is 22.3 Å². The van der Waals surface area contributed by atoms with E-state index in [1.807, 2.05) is 36.4 Å². The highest BCUT2D eigenvalue weighted by Crippen LogP contribution is 2.36. The van der Waals surface area contributed by atoms with E-state index in [0.717, 1.165) is 46.2 Å². The normalized spacial score (nSPS) is 10.4. The van der Waals surface area contributed by atoms with Crippen LogP contribution in [0, 0.1) is 11.3 Å². The zero-order chi connectivity index (χ0) is 17.5. The number of nitriles is 1. The van der Waals surface area contributed by atoms with E-state index < -0.39 is 0 Å². The predicted octanol–water partition coefficient (Wildman–Crippen LogP) is 6.62. The summed E-state index contributed by atoms with van der Waals surface area (Å²) < 4.78 is 0. The molecule has 0 unspecified atom stereocenters. The number of hydrogen-bond donors (Lipinski definition) is 0. The molecule has 1 nitrogen and oxygen atoms in total. The Hall–Kier alpha value is -2.85. The second-order valence-corrected chi connectivity index (χ2v) is 6.32. The van der Waals surface area contributed by atoms with Crippen LogP contribution in [0.1, 0.15) is 37.3 Å². The van der Waals surface area contributed by atoms with Gasteiger partial charge in [0.2, 0.25) is 0 Å². The molecule has 0 fully saturated rings. The van der Waals surface area contributed by atoms with Gasteiger partial charge in [-0.2, -0.15) is 5.26 Å². The first-order chi connectivity index (χ1) is 12.3. The second kappa shape index (κ2) is 8.31. The maximum atomic E-state index is 9.94. The Balaban J connectivity index is 2.18. The van der Waals surface area contributed by atoms with Gasteiger partial charge >= 0.3 is 0 Å². The van der Waals surface area contributed by atoms with Gasteiger partial charge in [-0.05, 0) is 35.1 Å². The smallest absolute Gasteiger partial charge is 0.100 e. The van der Waals surface area contributed by atoms with Crippen LogP contribution in [0.2, 0.25) is 0 Å². The molecule has 0 N–H and O–H groups in total. The van der Waals surface area contributed by atoms with Gasteiger partial charge in [-0.1, -0.05) is 92.6 Å². The van der Waals surface area contributed by atoms with Crippen molar-refractivity contribution in [3.8, 4) is 28.3 Å². The average molecular weight is 325 g/mol. The molecule has 0 radical (unpaired) electrons. The van der Waals surface area contributed by atoms with Crippen molar-refractivity contribution in [2.24, 2.45) is 0 Å². The molecule has 0 aliphatic heterocycles. The molecule has 0 amide bonds. The Bertz CT molecular complexity index is 858. The summed E-state index contributed by atoms with van der Waals surface area (Å²) in [5.74, 6) is 0. The maximum Gasteiger partial charge on any atom is 0.100 e. The monoisotopic (exact) mass is 325 g/mol. The molecule has 0 bridgehead atoms. The Kier molecular flexibility index (Phi) is 5.65. The number of nitrogens with zero attached hydrogens (tertiary/aromatic N) is 1. The lowest BCUT2D eigenvalue weighted by molar-refractivity contribution is 0.717. The SMILES string of the molecule is CCCCCc1ccc(-c2ccccc2)c(-c2ccccc2)c1C#N. The summed E-state index contributed by atoms with van der Waals surface area (Å²) in [5.41, 5.74) is 6.43. The van der Waals surface area contributed by atoms with Gasteiger partial charge in [0.15, 0.2) is 0 Å². The topological polar surface area (TPSA) is 23.8 Å². The molecule has 0 spiro atoms. The van der Waals surface area contributed by atoms with Gasteiger partial charge < -0.3 is 0 Å². The third-order valence-electron chi connectivity index (χ3n) is 4.60. The quantitative estimate of drug-likeness (QED) is 0.467. The molecule has 3 aromatic rings. The minimum Gasteiger partial charge on any atom is -0.192 e. The van der Waals surface area contributed by atoms with E-state index in [9.17, 15) is 5.26 Å². The van der Waals surface area contributed by atoms with E-state index in [0.29, 0.717) is 0 Å². The minimum atomic E-state index is 0.823. The van der Waals surface area contributed by atoms with Crippen molar-refractivity contribution in [1.29, 1.82) is 5.26 Å². The molecule has 0 atom stereocenters. The molecule has 25 heavy (non-hydrogen) atoms. The summed E-state index contributed by atoms with van der Waals surface area (Å²) in [4.78, 5) is 0. The molecule has 3 aromatic carbocycles. The molecule has 0 aliphatic rings. The second-order valence-electron chi connectivity index (χ2n) is 6.32. The van der Waals surface area contributed by atoms with Gasteiger partial charge in [-0.15, -0.1) is 0 Å². The molecule has 0 saturated heterocycles. The highest BCUT2D eigenvalue weighted by molar-refractivity contribution is 5.88. The van der Waals surface area contributed by atoms with Crippen molar-refractivity contribution in [3.05, 3.63) is 83.9 Å². The van der Waals surface area contributed by atoms with Crippen LogP contribution in [-0.2, 0) is 6.42 Å². The lowest BCUT2D eigenvalue weighted by atomic mass is 9.87. The molecular weight excluding hydrogens is 302 g/mol. The summed E-state index contributed by atoms with van der Waals surface area (Å²) in [6.45, 7) is 2.21. The summed E-state index contributed by atoms with van der Waals surface area (Å²) >= 11 is 0. The van der Waals surface area contributed by atoms with Gasteiger partial charge in [-0.3, -0.25) is 0 Å². The van der Waals surface area contributed by atoms with Gasteiger partial charge in [-0.25, -0.2) is 0 Å². The van der Waals surface area contributed by atoms with E-state index in [-0.39, 0.29) is 0 Å². The van der Waals surface area contributed by atoms with Crippen LogP contribution in [0.15, 0.2) is 72.8 Å². The maximum absolute atomic E-state index is 9.94. The summed E-state index contributed by atoms with van der Waals surface area (Å²) in [5, 5.41) is 9.94. The van der Waals surface area contributed by atoms with Gasteiger partial charge in [0.05, 0.1) is 5.56 Å². The van der Waals surface area contributed by atoms with E-state index >= 15 is 0 Å². The third-order valence-corrected chi connectivity index (χ3v) is 4.60. The van der Waals surface area contributed by atoms with E-state index in [1.165, 1.54) is 12.8 Å². The van der Waals surface area contributed by atoms with Gasteiger partial charge in [0.25, 0.3) is 0 Å². The van der Waals surface area contributed by atoms with Crippen molar-refractivity contribution in [1.82, 2.24) is 0 Å². The fraction of sp³-hybridized carbons (Fsp3) is 0.208. The van der Waals surface area contributed by atoms with Crippen LogP contribution >= 0.6 is 0 Å². The molecule has 1 heteroatoms. The van der Waals surface area contributed by atoms with Gasteiger partial charge in [0.1, 0.15) is 6.07 Å². The first-order valence-electron chi connectivity index (χ1n) is 9.02. The zero-order valence-corrected chi connectivity index (χ0v) is 14.7. The lowest BCUT2D eigenvalue weighted by Crippen LogP contribution is -1.97. The van der Waals surface area contributed by atoms with Crippen molar-refractivity contribution in [2.45, 2.75) is 32.6 Å². The highest BCUT2D eigenvalue weighted by Gasteiger charge is 2.16. The highest BCUT2D eigenvalue weighted by atomic mass is 14.3. The molecular formula is C24H23N. The van der Waals surface area contributed by atoms with Crippen LogP contribution in [0.5, 0.6) is 0 Å². The fourth-order valence-corrected chi connectivity index (χ4v) is 3.31.